The number of ether oxygens (including phenoxy) is 1. The monoisotopic (exact) mass is 232 g/mol. The maximum atomic E-state index is 10.5. The van der Waals surface area contributed by atoms with Gasteiger partial charge in [0, 0.05) is 13.1 Å². The number of esters is 1. The van der Waals surface area contributed by atoms with Gasteiger partial charge in [-0.2, -0.15) is 0 Å². The van der Waals surface area contributed by atoms with Crippen LogP contribution in [-0.4, -0.2) is 45.5 Å². The maximum Gasteiger partial charge on any atom is 0.302 e. The standard InChI is InChI=1S/C7H12N4O5/c1-6(12)16-5-7(13)4-9-2-3-10(8-9)11(14)15/h2-3,7-8,13H,4-5H2,1H3. The summed E-state index contributed by atoms with van der Waals surface area (Å²) in [6, 6.07) is 0. The fourth-order valence-electron chi connectivity index (χ4n) is 1.03. The first-order valence-electron chi connectivity index (χ1n) is 4.45. The molecular weight excluding hydrogens is 220 g/mol. The number of rotatable bonds is 5. The number of nitrogens with one attached hydrogen (secondary N) is 1. The number of aliphatic hydroxyl groups is 1. The van der Waals surface area contributed by atoms with Crippen molar-refractivity contribution in [1.82, 2.24) is 15.7 Å². The van der Waals surface area contributed by atoms with Gasteiger partial charge in [0.05, 0.1) is 6.54 Å². The van der Waals surface area contributed by atoms with Crippen LogP contribution in [0.3, 0.4) is 0 Å². The summed E-state index contributed by atoms with van der Waals surface area (Å²) in [5, 5.41) is 21.0. The highest BCUT2D eigenvalue weighted by Gasteiger charge is 2.21. The molecule has 0 amide bonds. The molecule has 90 valence electrons. The molecule has 0 radical (unpaired) electrons. The number of nitrogens with zero attached hydrogens (tertiary/aromatic N) is 3. The van der Waals surface area contributed by atoms with Crippen molar-refractivity contribution in [1.29, 1.82) is 0 Å². The summed E-state index contributed by atoms with van der Waals surface area (Å²) >= 11 is 0. The van der Waals surface area contributed by atoms with E-state index in [9.17, 15) is 20.0 Å². The quantitative estimate of drug-likeness (QED) is 0.339. The van der Waals surface area contributed by atoms with E-state index >= 15 is 0 Å². The number of β-amino-alcohol motifs (C(OH)–C–C–N with tert-alkyl or cyclic N) is 1. The molecule has 9 nitrogen and oxygen atoms in total. The fourth-order valence-corrected chi connectivity index (χ4v) is 1.03. The number of hydrazine groups is 3. The minimum Gasteiger partial charge on any atom is -0.463 e. The van der Waals surface area contributed by atoms with Crippen molar-refractivity contribution < 1.29 is 19.7 Å². The summed E-state index contributed by atoms with van der Waals surface area (Å²) in [7, 11) is 0. The number of nitro groups is 1. The Morgan fingerprint density at radius 3 is 2.88 bits per heavy atom. The lowest BCUT2D eigenvalue weighted by Gasteiger charge is -2.19. The van der Waals surface area contributed by atoms with Crippen LogP contribution in [0.1, 0.15) is 6.92 Å². The van der Waals surface area contributed by atoms with Gasteiger partial charge in [-0.25, -0.2) is 10.1 Å². The highest BCUT2D eigenvalue weighted by Crippen LogP contribution is 2.01. The molecular formula is C7H12N4O5. The molecule has 0 aromatic rings. The highest BCUT2D eigenvalue weighted by molar-refractivity contribution is 5.65. The molecule has 0 saturated heterocycles. The van der Waals surface area contributed by atoms with Gasteiger partial charge in [-0.3, -0.25) is 9.80 Å². The zero-order valence-electron chi connectivity index (χ0n) is 8.57. The molecule has 0 aromatic heterocycles. The van der Waals surface area contributed by atoms with Crippen LogP contribution in [0, 0.1) is 10.1 Å². The van der Waals surface area contributed by atoms with Crippen molar-refractivity contribution in [3.8, 4) is 0 Å². The topological polar surface area (TPSA) is 108 Å². The van der Waals surface area contributed by atoms with Gasteiger partial charge in [0.1, 0.15) is 18.9 Å². The van der Waals surface area contributed by atoms with Gasteiger partial charge in [-0.05, 0) is 5.12 Å². The van der Waals surface area contributed by atoms with Crippen LogP contribution in [0.4, 0.5) is 0 Å². The number of hydrogen-bond donors (Lipinski definition) is 2. The molecule has 0 fully saturated rings. The van der Waals surface area contributed by atoms with Gasteiger partial charge < -0.3 is 9.84 Å². The van der Waals surface area contributed by atoms with Crippen LogP contribution in [0.5, 0.6) is 0 Å². The Balaban J connectivity index is 2.26. The van der Waals surface area contributed by atoms with E-state index in [-0.39, 0.29) is 13.2 Å². The fraction of sp³-hybridized carbons (Fsp3) is 0.571. The third-order valence-corrected chi connectivity index (χ3v) is 1.68. The van der Waals surface area contributed by atoms with Crippen LogP contribution in [0.25, 0.3) is 0 Å². The SMILES string of the molecule is CC(=O)OCC(O)CN1C=CN([N+](=O)[O-])N1. The minimum atomic E-state index is -0.923. The van der Waals surface area contributed by atoms with Crippen molar-refractivity contribution in [3.05, 3.63) is 22.5 Å². The molecule has 1 aliphatic rings. The molecule has 16 heavy (non-hydrogen) atoms. The molecule has 2 N–H and O–H groups in total. The summed E-state index contributed by atoms with van der Waals surface area (Å²) in [5.41, 5.74) is 2.36. The molecule has 0 bridgehead atoms. The number of hydrogen-bond acceptors (Lipinski definition) is 7. The molecule has 1 heterocycles. The first-order chi connectivity index (χ1) is 7.49. The van der Waals surface area contributed by atoms with Crippen molar-refractivity contribution >= 4 is 5.97 Å². The molecule has 1 unspecified atom stereocenters. The molecule has 1 atom stereocenters. The van der Waals surface area contributed by atoms with Crippen molar-refractivity contribution in [2.45, 2.75) is 13.0 Å². The normalized spacial score (nSPS) is 16.4. The van der Waals surface area contributed by atoms with Gasteiger partial charge in [0.2, 0.25) is 0 Å². The van der Waals surface area contributed by atoms with E-state index in [1.165, 1.54) is 24.3 Å². The summed E-state index contributed by atoms with van der Waals surface area (Å²) in [5.74, 6) is -0.490. The van der Waals surface area contributed by atoms with Gasteiger partial charge in [-0.1, -0.05) is 5.53 Å². The lowest BCUT2D eigenvalue weighted by molar-refractivity contribution is -0.657. The second-order valence-corrected chi connectivity index (χ2v) is 3.09. The smallest absolute Gasteiger partial charge is 0.302 e. The van der Waals surface area contributed by atoms with E-state index < -0.39 is 17.1 Å². The molecule has 0 aromatic carbocycles. The Morgan fingerprint density at radius 1 is 1.69 bits per heavy atom. The molecule has 1 rings (SSSR count). The largest absolute Gasteiger partial charge is 0.463 e. The van der Waals surface area contributed by atoms with Gasteiger partial charge >= 0.3 is 5.97 Å². The molecule has 9 heteroatoms. The third-order valence-electron chi connectivity index (χ3n) is 1.68. The van der Waals surface area contributed by atoms with E-state index in [4.69, 9.17) is 0 Å². The average Bonchev–Trinajstić information content (AvgIpc) is 2.63. The van der Waals surface area contributed by atoms with Gasteiger partial charge in [0.25, 0.3) is 0 Å². The molecule has 0 saturated carbocycles. The van der Waals surface area contributed by atoms with Gasteiger partial charge in [0.15, 0.2) is 5.03 Å². The number of aliphatic hydroxyl groups excluding tert-OH is 1. The van der Waals surface area contributed by atoms with E-state index in [0.29, 0.717) is 5.12 Å². The molecule has 0 aliphatic carbocycles. The van der Waals surface area contributed by atoms with Crippen LogP contribution >= 0.6 is 0 Å². The second-order valence-electron chi connectivity index (χ2n) is 3.09. The first kappa shape index (κ1) is 12.2. The zero-order chi connectivity index (χ0) is 12.1. The Kier molecular flexibility index (Phi) is 4.03. The van der Waals surface area contributed by atoms with E-state index in [1.54, 1.807) is 0 Å². The average molecular weight is 232 g/mol. The molecule has 0 spiro atoms. The van der Waals surface area contributed by atoms with Crippen molar-refractivity contribution in [3.63, 3.8) is 0 Å². The number of carbonyl (C=O) groups excluding carboxylic acids is 1. The van der Waals surface area contributed by atoms with Crippen LogP contribution in [0.2, 0.25) is 0 Å². The summed E-state index contributed by atoms with van der Waals surface area (Å²) in [6.45, 7) is 1.14. The lowest BCUT2D eigenvalue weighted by atomic mass is 10.4. The Labute approximate surface area is 90.9 Å². The van der Waals surface area contributed by atoms with E-state index in [0.717, 1.165) is 0 Å². The highest BCUT2D eigenvalue weighted by atomic mass is 16.7. The summed E-state index contributed by atoms with van der Waals surface area (Å²) < 4.78 is 4.57. The third kappa shape index (κ3) is 3.71. The van der Waals surface area contributed by atoms with Crippen LogP contribution in [-0.2, 0) is 9.53 Å². The van der Waals surface area contributed by atoms with E-state index in [2.05, 4.69) is 10.3 Å². The Morgan fingerprint density at radius 2 is 2.38 bits per heavy atom. The molecule has 1 aliphatic heterocycles. The predicted octanol–water partition coefficient (Wildman–Crippen LogP) is -1.39. The summed E-state index contributed by atoms with van der Waals surface area (Å²) in [4.78, 5) is 20.8. The maximum absolute atomic E-state index is 10.5. The minimum absolute atomic E-state index is 0.0636. The van der Waals surface area contributed by atoms with Crippen molar-refractivity contribution in [2.75, 3.05) is 13.2 Å². The Hall–Kier alpha value is -1.87. The predicted molar refractivity (Wildman–Crippen MR) is 50.5 cm³/mol. The van der Waals surface area contributed by atoms with E-state index in [1.807, 2.05) is 0 Å². The number of carbonyl (C=O) groups is 1. The lowest BCUT2D eigenvalue weighted by Crippen LogP contribution is -2.45. The first-order valence-corrected chi connectivity index (χ1v) is 4.45. The van der Waals surface area contributed by atoms with Crippen LogP contribution < -0.4 is 5.53 Å². The van der Waals surface area contributed by atoms with Gasteiger partial charge in [-0.15, -0.1) is 0 Å². The second kappa shape index (κ2) is 5.28. The zero-order valence-corrected chi connectivity index (χ0v) is 8.57. The van der Waals surface area contributed by atoms with Crippen molar-refractivity contribution in [2.24, 2.45) is 0 Å². The Bertz CT molecular complexity index is 307. The van der Waals surface area contributed by atoms with Crippen LogP contribution in [0.15, 0.2) is 12.4 Å². The summed E-state index contributed by atoms with van der Waals surface area (Å²) in [6.07, 6.45) is 1.66.